The van der Waals surface area contributed by atoms with Crippen molar-refractivity contribution in [3.8, 4) is 34.3 Å². The van der Waals surface area contributed by atoms with Crippen molar-refractivity contribution in [3.05, 3.63) is 53.4 Å². The lowest BCUT2D eigenvalue weighted by Crippen LogP contribution is -2.07. The van der Waals surface area contributed by atoms with Crippen molar-refractivity contribution in [2.45, 2.75) is 6.61 Å². The number of thiazole rings is 1. The van der Waals surface area contributed by atoms with Crippen LogP contribution in [0.25, 0.3) is 17.3 Å². The molecule has 7 nitrogen and oxygen atoms in total. The molecule has 1 heterocycles. The molecular weight excluding hydrogens is 442 g/mol. The molecule has 0 saturated heterocycles. The molecule has 0 unspecified atom stereocenters. The lowest BCUT2D eigenvalue weighted by molar-refractivity contribution is -0.111. The SMILES string of the molecule is COc1ccc(OC)c(-c2csc(NC(=O)/C=C/c3ccc(OC(F)F)c(OC)c3)n2)c1. The molecule has 2 aromatic carbocycles. The molecule has 1 aromatic heterocycles. The van der Waals surface area contributed by atoms with Gasteiger partial charge in [-0.2, -0.15) is 8.78 Å². The fraction of sp³-hybridized carbons (Fsp3) is 0.182. The summed E-state index contributed by atoms with van der Waals surface area (Å²) in [4.78, 5) is 16.7. The van der Waals surface area contributed by atoms with E-state index in [2.05, 4.69) is 15.0 Å². The Balaban J connectivity index is 1.70. The van der Waals surface area contributed by atoms with Crippen LogP contribution in [-0.4, -0.2) is 38.8 Å². The number of amides is 1. The van der Waals surface area contributed by atoms with Crippen molar-refractivity contribution in [2.24, 2.45) is 0 Å². The van der Waals surface area contributed by atoms with E-state index < -0.39 is 12.5 Å². The predicted molar refractivity (Wildman–Crippen MR) is 118 cm³/mol. The van der Waals surface area contributed by atoms with E-state index in [4.69, 9.17) is 14.2 Å². The minimum atomic E-state index is -2.96. The molecular formula is C22H20F2N2O5S. The molecule has 0 spiro atoms. The van der Waals surface area contributed by atoms with E-state index in [0.717, 1.165) is 5.56 Å². The van der Waals surface area contributed by atoms with Gasteiger partial charge in [0.2, 0.25) is 5.91 Å². The van der Waals surface area contributed by atoms with E-state index in [-0.39, 0.29) is 11.5 Å². The third kappa shape index (κ3) is 5.73. The van der Waals surface area contributed by atoms with Gasteiger partial charge < -0.3 is 18.9 Å². The molecule has 1 N–H and O–H groups in total. The van der Waals surface area contributed by atoms with Gasteiger partial charge >= 0.3 is 6.61 Å². The zero-order valence-corrected chi connectivity index (χ0v) is 18.2. The first kappa shape index (κ1) is 23.0. The van der Waals surface area contributed by atoms with Crippen LogP contribution >= 0.6 is 11.3 Å². The second-order valence-corrected chi connectivity index (χ2v) is 7.07. The van der Waals surface area contributed by atoms with Gasteiger partial charge in [-0.15, -0.1) is 11.3 Å². The number of halogens is 2. The molecule has 0 atom stereocenters. The highest BCUT2D eigenvalue weighted by Crippen LogP contribution is 2.35. The second-order valence-electron chi connectivity index (χ2n) is 6.22. The molecule has 3 rings (SSSR count). The minimum absolute atomic E-state index is 0.0904. The van der Waals surface area contributed by atoms with Crippen LogP contribution in [0.3, 0.4) is 0 Å². The number of nitrogens with zero attached hydrogens (tertiary/aromatic N) is 1. The van der Waals surface area contributed by atoms with E-state index in [1.807, 2.05) is 0 Å². The maximum Gasteiger partial charge on any atom is 0.387 e. The van der Waals surface area contributed by atoms with Crippen molar-refractivity contribution in [2.75, 3.05) is 26.6 Å². The second kappa shape index (κ2) is 10.6. The number of benzene rings is 2. The Morgan fingerprint density at radius 3 is 2.47 bits per heavy atom. The summed E-state index contributed by atoms with van der Waals surface area (Å²) < 4.78 is 44.9. The first-order valence-electron chi connectivity index (χ1n) is 9.23. The number of carbonyl (C=O) groups excluding carboxylic acids is 1. The Labute approximate surface area is 187 Å². The summed E-state index contributed by atoms with van der Waals surface area (Å²) in [5.74, 6) is 0.914. The average molecular weight is 462 g/mol. The number of alkyl halides is 2. The monoisotopic (exact) mass is 462 g/mol. The Bertz CT molecular complexity index is 1120. The molecule has 0 aliphatic rings. The van der Waals surface area contributed by atoms with Gasteiger partial charge in [0.05, 0.1) is 27.0 Å². The molecule has 168 valence electrons. The maximum absolute atomic E-state index is 12.4. The summed E-state index contributed by atoms with van der Waals surface area (Å²) in [7, 11) is 4.47. The van der Waals surface area contributed by atoms with Crippen LogP contribution in [0, 0.1) is 0 Å². The number of rotatable bonds is 9. The zero-order chi connectivity index (χ0) is 23.1. The van der Waals surface area contributed by atoms with Crippen LogP contribution in [0.5, 0.6) is 23.0 Å². The number of carbonyl (C=O) groups is 1. The average Bonchev–Trinajstić information content (AvgIpc) is 3.25. The highest BCUT2D eigenvalue weighted by Gasteiger charge is 2.13. The van der Waals surface area contributed by atoms with Gasteiger partial charge in [-0.05, 0) is 42.0 Å². The summed E-state index contributed by atoms with van der Waals surface area (Å²) in [6.07, 6.45) is 2.82. The van der Waals surface area contributed by atoms with Gasteiger partial charge in [0.15, 0.2) is 16.6 Å². The molecule has 0 aliphatic heterocycles. The number of aromatic nitrogens is 1. The van der Waals surface area contributed by atoms with Gasteiger partial charge in [-0.1, -0.05) is 6.07 Å². The van der Waals surface area contributed by atoms with Gasteiger partial charge in [0, 0.05) is 17.0 Å². The van der Waals surface area contributed by atoms with E-state index in [9.17, 15) is 13.6 Å². The summed E-state index contributed by atoms with van der Waals surface area (Å²) in [5, 5.41) is 4.88. The molecule has 10 heteroatoms. The summed E-state index contributed by atoms with van der Waals surface area (Å²) in [5.41, 5.74) is 1.93. The highest BCUT2D eigenvalue weighted by molar-refractivity contribution is 7.14. The first-order valence-corrected chi connectivity index (χ1v) is 10.1. The van der Waals surface area contributed by atoms with Crippen molar-refractivity contribution in [3.63, 3.8) is 0 Å². The van der Waals surface area contributed by atoms with Crippen molar-refractivity contribution in [1.82, 2.24) is 4.98 Å². The van der Waals surface area contributed by atoms with Gasteiger partial charge in [0.25, 0.3) is 0 Å². The van der Waals surface area contributed by atoms with Crippen LogP contribution in [-0.2, 0) is 4.79 Å². The minimum Gasteiger partial charge on any atom is -0.497 e. The third-order valence-corrected chi connectivity index (χ3v) is 5.01. The predicted octanol–water partition coefficient (Wildman–Crippen LogP) is 5.09. The number of ether oxygens (including phenoxy) is 4. The molecule has 3 aromatic rings. The van der Waals surface area contributed by atoms with Crippen LogP contribution in [0.2, 0.25) is 0 Å². The smallest absolute Gasteiger partial charge is 0.387 e. The lowest BCUT2D eigenvalue weighted by Gasteiger charge is -2.10. The van der Waals surface area contributed by atoms with E-state index >= 15 is 0 Å². The number of methoxy groups -OCH3 is 3. The van der Waals surface area contributed by atoms with Gasteiger partial charge in [0.1, 0.15) is 11.5 Å². The number of hydrogen-bond donors (Lipinski definition) is 1. The lowest BCUT2D eigenvalue weighted by atomic mass is 10.1. The van der Waals surface area contributed by atoms with Crippen LogP contribution in [0.1, 0.15) is 5.56 Å². The Kier molecular flexibility index (Phi) is 7.61. The van der Waals surface area contributed by atoms with Gasteiger partial charge in [-0.3, -0.25) is 10.1 Å². The fourth-order valence-corrected chi connectivity index (χ4v) is 3.48. The summed E-state index contributed by atoms with van der Waals surface area (Å²) >= 11 is 1.26. The van der Waals surface area contributed by atoms with Crippen molar-refractivity contribution >= 4 is 28.5 Å². The fourth-order valence-electron chi connectivity index (χ4n) is 2.77. The zero-order valence-electron chi connectivity index (χ0n) is 17.4. The maximum atomic E-state index is 12.4. The summed E-state index contributed by atoms with van der Waals surface area (Å²) in [6.45, 7) is -2.96. The highest BCUT2D eigenvalue weighted by atomic mass is 32.1. The summed E-state index contributed by atoms with van der Waals surface area (Å²) in [6, 6.07) is 9.72. The molecule has 32 heavy (non-hydrogen) atoms. The normalized spacial score (nSPS) is 10.9. The van der Waals surface area contributed by atoms with E-state index in [1.165, 1.54) is 48.8 Å². The molecule has 0 fully saturated rings. The van der Waals surface area contributed by atoms with Gasteiger partial charge in [-0.25, -0.2) is 4.98 Å². The third-order valence-electron chi connectivity index (χ3n) is 4.25. The molecule has 1 amide bonds. The molecule has 0 bridgehead atoms. The Morgan fingerprint density at radius 2 is 1.78 bits per heavy atom. The topological polar surface area (TPSA) is 78.9 Å². The molecule has 0 radical (unpaired) electrons. The number of anilines is 1. The quantitative estimate of drug-likeness (QED) is 0.447. The van der Waals surface area contributed by atoms with Crippen LogP contribution in [0.15, 0.2) is 47.9 Å². The number of hydrogen-bond acceptors (Lipinski definition) is 7. The van der Waals surface area contributed by atoms with Crippen molar-refractivity contribution in [1.29, 1.82) is 0 Å². The molecule has 0 aliphatic carbocycles. The Hall–Kier alpha value is -3.66. The van der Waals surface area contributed by atoms with E-state index in [0.29, 0.717) is 27.9 Å². The number of nitrogens with one attached hydrogen (secondary N) is 1. The van der Waals surface area contributed by atoms with Crippen LogP contribution < -0.4 is 24.3 Å². The Morgan fingerprint density at radius 1 is 1.03 bits per heavy atom. The van der Waals surface area contributed by atoms with Crippen molar-refractivity contribution < 1.29 is 32.5 Å². The van der Waals surface area contributed by atoms with Crippen LogP contribution in [0.4, 0.5) is 13.9 Å². The van der Waals surface area contributed by atoms with E-state index in [1.54, 1.807) is 37.8 Å². The first-order chi connectivity index (χ1) is 15.4. The standard InChI is InChI=1S/C22H20F2N2O5S/c1-28-14-6-8-17(29-2)15(11-14)16-12-32-22(25-16)26-20(27)9-5-13-4-7-18(31-21(23)24)19(10-13)30-3/h4-12,21H,1-3H3,(H,25,26,27)/b9-5+. The molecule has 0 saturated carbocycles. The largest absolute Gasteiger partial charge is 0.497 e.